The van der Waals surface area contributed by atoms with E-state index >= 15 is 0 Å². The molecule has 1 aliphatic heterocycles. The predicted octanol–water partition coefficient (Wildman–Crippen LogP) is 2.61. The van der Waals surface area contributed by atoms with E-state index in [1.807, 2.05) is 19.1 Å². The van der Waals surface area contributed by atoms with Crippen LogP contribution in [0, 0.1) is 11.8 Å². The maximum atomic E-state index is 5.89. The van der Waals surface area contributed by atoms with Gasteiger partial charge in [-0.05, 0) is 36.0 Å². The molecule has 0 radical (unpaired) electrons. The van der Waals surface area contributed by atoms with E-state index in [1.54, 1.807) is 0 Å². The maximum Gasteiger partial charge on any atom is 0.119 e. The maximum absolute atomic E-state index is 5.89. The minimum Gasteiger partial charge on any atom is -0.492 e. The quantitative estimate of drug-likeness (QED) is 0.784. The second-order valence-electron chi connectivity index (χ2n) is 6.93. The molecule has 2 rings (SSSR count). The second-order valence-corrected chi connectivity index (χ2v) is 6.93. The Hall–Kier alpha value is -1.10. The van der Waals surface area contributed by atoms with E-state index in [4.69, 9.17) is 4.74 Å². The zero-order valence-electron chi connectivity index (χ0n) is 14.5. The fourth-order valence-electron chi connectivity index (χ4n) is 3.22. The van der Waals surface area contributed by atoms with Gasteiger partial charge in [-0.2, -0.15) is 0 Å². The van der Waals surface area contributed by atoms with Gasteiger partial charge in [-0.1, -0.05) is 26.0 Å². The van der Waals surface area contributed by atoms with Crippen LogP contribution in [0.2, 0.25) is 0 Å². The third kappa shape index (κ3) is 5.95. The molecule has 1 heterocycles. The molecule has 0 aliphatic carbocycles. The van der Waals surface area contributed by atoms with Gasteiger partial charge in [0.25, 0.3) is 0 Å². The number of rotatable bonds is 7. The summed E-state index contributed by atoms with van der Waals surface area (Å²) in [6.07, 6.45) is 1.36. The number of hydrogen-bond donors (Lipinski definition) is 1. The van der Waals surface area contributed by atoms with Crippen molar-refractivity contribution >= 4 is 0 Å². The third-order valence-electron chi connectivity index (χ3n) is 4.14. The zero-order chi connectivity index (χ0) is 15.9. The average molecular weight is 305 g/mol. The topological polar surface area (TPSA) is 27.7 Å². The number of nitrogens with zero attached hydrogens (tertiary/aromatic N) is 2. The number of hydrogen-bond acceptors (Lipinski definition) is 4. The smallest absolute Gasteiger partial charge is 0.119 e. The molecule has 4 heteroatoms. The van der Waals surface area contributed by atoms with Crippen molar-refractivity contribution in [1.29, 1.82) is 0 Å². The van der Waals surface area contributed by atoms with E-state index in [1.165, 1.54) is 25.1 Å². The summed E-state index contributed by atoms with van der Waals surface area (Å²) in [7, 11) is 4.00. The Morgan fingerprint density at radius 3 is 2.36 bits per heavy atom. The van der Waals surface area contributed by atoms with Gasteiger partial charge in [0.2, 0.25) is 0 Å². The van der Waals surface area contributed by atoms with E-state index in [0.29, 0.717) is 0 Å². The fourth-order valence-corrected chi connectivity index (χ4v) is 3.22. The minimum absolute atomic E-state index is 0.773. The lowest BCUT2D eigenvalue weighted by Crippen LogP contribution is -2.40. The number of piperidine rings is 1. The molecule has 0 amide bonds. The van der Waals surface area contributed by atoms with Crippen LogP contribution < -0.4 is 10.2 Å². The summed E-state index contributed by atoms with van der Waals surface area (Å²) < 4.78 is 5.89. The van der Waals surface area contributed by atoms with Crippen molar-refractivity contribution < 1.29 is 4.74 Å². The van der Waals surface area contributed by atoms with Crippen molar-refractivity contribution in [2.45, 2.75) is 26.8 Å². The van der Waals surface area contributed by atoms with E-state index in [9.17, 15) is 0 Å². The average Bonchev–Trinajstić information content (AvgIpc) is 2.45. The monoisotopic (exact) mass is 305 g/mol. The molecule has 0 bridgehead atoms. The Kier molecular flexibility index (Phi) is 6.68. The summed E-state index contributed by atoms with van der Waals surface area (Å²) in [5.74, 6) is 2.59. The van der Waals surface area contributed by atoms with Gasteiger partial charge in [0.1, 0.15) is 12.4 Å². The van der Waals surface area contributed by atoms with Gasteiger partial charge >= 0.3 is 0 Å². The highest BCUT2D eigenvalue weighted by atomic mass is 16.5. The van der Waals surface area contributed by atoms with Crippen molar-refractivity contribution in [3.63, 3.8) is 0 Å². The molecule has 1 aromatic rings. The Bertz CT molecular complexity index is 422. The molecular formula is C18H31N3O. The van der Waals surface area contributed by atoms with Crippen LogP contribution in [0.15, 0.2) is 24.3 Å². The Labute approximate surface area is 135 Å². The van der Waals surface area contributed by atoms with Crippen LogP contribution in [0.4, 0.5) is 0 Å². The van der Waals surface area contributed by atoms with Gasteiger partial charge in [-0.15, -0.1) is 0 Å². The van der Waals surface area contributed by atoms with Gasteiger partial charge in [-0.3, -0.25) is 15.3 Å². The van der Waals surface area contributed by atoms with Gasteiger partial charge < -0.3 is 4.74 Å². The first-order chi connectivity index (χ1) is 10.5. The standard InChI is InChI=1S/C18H31N3O/c1-15-11-16(2)14-21(13-15)9-10-22-18-7-5-17(6-8-18)12-19-20(3)4/h5-8,15-16,19H,9-14H2,1-4H3/t15-,16+. The van der Waals surface area contributed by atoms with Crippen molar-refractivity contribution in [2.75, 3.05) is 40.3 Å². The van der Waals surface area contributed by atoms with Crippen molar-refractivity contribution in [3.05, 3.63) is 29.8 Å². The first kappa shape index (κ1) is 17.3. The van der Waals surface area contributed by atoms with Gasteiger partial charge in [0.05, 0.1) is 0 Å². The lowest BCUT2D eigenvalue weighted by Gasteiger charge is -2.34. The molecule has 1 aliphatic rings. The highest BCUT2D eigenvalue weighted by Gasteiger charge is 2.21. The molecular weight excluding hydrogens is 274 g/mol. The molecule has 1 saturated heterocycles. The van der Waals surface area contributed by atoms with Crippen molar-refractivity contribution in [3.8, 4) is 5.75 Å². The van der Waals surface area contributed by atoms with E-state index in [0.717, 1.165) is 37.3 Å². The van der Waals surface area contributed by atoms with Crippen LogP contribution in [-0.2, 0) is 6.54 Å². The Morgan fingerprint density at radius 2 is 1.77 bits per heavy atom. The van der Waals surface area contributed by atoms with Crippen molar-refractivity contribution in [2.24, 2.45) is 11.8 Å². The molecule has 0 spiro atoms. The van der Waals surface area contributed by atoms with E-state index in [2.05, 4.69) is 48.4 Å². The number of ether oxygens (including phenoxy) is 1. The largest absolute Gasteiger partial charge is 0.492 e. The summed E-state index contributed by atoms with van der Waals surface area (Å²) in [5.41, 5.74) is 4.53. The van der Waals surface area contributed by atoms with Gasteiger partial charge in [0, 0.05) is 40.3 Å². The normalized spacial score (nSPS) is 23.0. The molecule has 22 heavy (non-hydrogen) atoms. The molecule has 0 saturated carbocycles. The molecule has 2 atom stereocenters. The first-order valence-electron chi connectivity index (χ1n) is 8.38. The van der Waals surface area contributed by atoms with Crippen LogP contribution in [0.25, 0.3) is 0 Å². The number of likely N-dealkylation sites (tertiary alicyclic amines) is 1. The van der Waals surface area contributed by atoms with Gasteiger partial charge in [-0.25, -0.2) is 0 Å². The second kappa shape index (κ2) is 8.51. The first-order valence-corrected chi connectivity index (χ1v) is 8.38. The lowest BCUT2D eigenvalue weighted by atomic mass is 9.92. The van der Waals surface area contributed by atoms with Crippen molar-refractivity contribution in [1.82, 2.24) is 15.3 Å². The molecule has 1 fully saturated rings. The lowest BCUT2D eigenvalue weighted by molar-refractivity contribution is 0.120. The molecule has 124 valence electrons. The van der Waals surface area contributed by atoms with Crippen LogP contribution >= 0.6 is 0 Å². The van der Waals surface area contributed by atoms with Crippen LogP contribution in [0.5, 0.6) is 5.75 Å². The van der Waals surface area contributed by atoms with Crippen LogP contribution in [-0.4, -0.2) is 50.2 Å². The summed E-state index contributed by atoms with van der Waals surface area (Å²) in [6, 6.07) is 8.37. The van der Waals surface area contributed by atoms with Crippen LogP contribution in [0.3, 0.4) is 0 Å². The molecule has 0 aromatic heterocycles. The summed E-state index contributed by atoms with van der Waals surface area (Å²) in [5, 5.41) is 1.96. The minimum atomic E-state index is 0.773. The number of hydrazine groups is 1. The Morgan fingerprint density at radius 1 is 1.14 bits per heavy atom. The van der Waals surface area contributed by atoms with Crippen LogP contribution in [0.1, 0.15) is 25.8 Å². The predicted molar refractivity (Wildman–Crippen MR) is 91.8 cm³/mol. The van der Waals surface area contributed by atoms with E-state index < -0.39 is 0 Å². The molecule has 4 nitrogen and oxygen atoms in total. The zero-order valence-corrected chi connectivity index (χ0v) is 14.5. The summed E-state index contributed by atoms with van der Waals surface area (Å²) in [6.45, 7) is 9.77. The fraction of sp³-hybridized carbons (Fsp3) is 0.667. The SMILES string of the molecule is C[C@@H]1C[C@H](C)CN(CCOc2ccc(CNN(C)C)cc2)C1. The highest BCUT2D eigenvalue weighted by Crippen LogP contribution is 2.20. The summed E-state index contributed by atoms with van der Waals surface area (Å²) in [4.78, 5) is 2.54. The molecule has 1 N–H and O–H groups in total. The Balaban J connectivity index is 1.70. The number of benzene rings is 1. The summed E-state index contributed by atoms with van der Waals surface area (Å²) >= 11 is 0. The highest BCUT2D eigenvalue weighted by molar-refractivity contribution is 5.27. The van der Waals surface area contributed by atoms with E-state index in [-0.39, 0.29) is 0 Å². The van der Waals surface area contributed by atoms with Gasteiger partial charge in [0.15, 0.2) is 0 Å². The molecule has 1 aromatic carbocycles. The molecule has 0 unspecified atom stereocenters. The number of nitrogens with one attached hydrogen (secondary N) is 1. The third-order valence-corrected chi connectivity index (χ3v) is 4.14.